The van der Waals surface area contributed by atoms with E-state index in [0.29, 0.717) is 16.9 Å². The number of fused-ring (bicyclic) bond motifs is 1. The SMILES string of the molecule is O=C(O)c1cccc(N=C2C(=O)N(Cc3ccc(F)cc3)c3ccccc32)c1. The molecule has 3 aromatic rings. The van der Waals surface area contributed by atoms with Crippen molar-refractivity contribution in [3.05, 3.63) is 95.3 Å². The predicted octanol–water partition coefficient (Wildman–Crippen LogP) is 4.19. The van der Waals surface area contributed by atoms with Crippen LogP contribution in [0.5, 0.6) is 0 Å². The zero-order valence-electron chi connectivity index (χ0n) is 14.7. The van der Waals surface area contributed by atoms with Gasteiger partial charge in [0.25, 0.3) is 5.91 Å². The number of amides is 1. The minimum absolute atomic E-state index is 0.101. The first-order chi connectivity index (χ1) is 13.5. The summed E-state index contributed by atoms with van der Waals surface area (Å²) in [5.41, 5.74) is 2.92. The van der Waals surface area contributed by atoms with Crippen LogP contribution >= 0.6 is 0 Å². The Morgan fingerprint density at radius 2 is 1.75 bits per heavy atom. The largest absolute Gasteiger partial charge is 0.478 e. The molecule has 5 nitrogen and oxygen atoms in total. The van der Waals surface area contributed by atoms with E-state index in [0.717, 1.165) is 5.56 Å². The van der Waals surface area contributed by atoms with Gasteiger partial charge in [0, 0.05) is 5.56 Å². The maximum atomic E-state index is 13.2. The molecule has 1 heterocycles. The fourth-order valence-corrected chi connectivity index (χ4v) is 3.14. The number of aromatic carboxylic acids is 1. The molecule has 1 amide bonds. The summed E-state index contributed by atoms with van der Waals surface area (Å²) in [7, 11) is 0. The molecule has 6 heteroatoms. The van der Waals surface area contributed by atoms with E-state index in [1.807, 2.05) is 18.2 Å². The number of rotatable bonds is 4. The Morgan fingerprint density at radius 3 is 2.50 bits per heavy atom. The summed E-state index contributed by atoms with van der Waals surface area (Å²) in [5, 5.41) is 9.16. The second-order valence-electron chi connectivity index (χ2n) is 6.35. The van der Waals surface area contributed by atoms with Gasteiger partial charge in [-0.05, 0) is 42.0 Å². The van der Waals surface area contributed by atoms with E-state index >= 15 is 0 Å². The van der Waals surface area contributed by atoms with Gasteiger partial charge in [0.05, 0.1) is 23.5 Å². The van der Waals surface area contributed by atoms with Crippen LogP contribution in [0.4, 0.5) is 15.8 Å². The molecular weight excluding hydrogens is 359 g/mol. The predicted molar refractivity (Wildman–Crippen MR) is 104 cm³/mol. The van der Waals surface area contributed by atoms with Crippen molar-refractivity contribution in [2.75, 3.05) is 4.90 Å². The summed E-state index contributed by atoms with van der Waals surface area (Å²) in [6, 6.07) is 19.4. The van der Waals surface area contributed by atoms with Crippen LogP contribution in [-0.4, -0.2) is 22.7 Å². The third-order valence-corrected chi connectivity index (χ3v) is 4.49. The minimum atomic E-state index is -1.06. The van der Waals surface area contributed by atoms with E-state index in [1.54, 1.807) is 35.2 Å². The highest BCUT2D eigenvalue weighted by atomic mass is 19.1. The van der Waals surface area contributed by atoms with Gasteiger partial charge in [0.2, 0.25) is 0 Å². The van der Waals surface area contributed by atoms with Crippen molar-refractivity contribution < 1.29 is 19.1 Å². The second kappa shape index (κ2) is 7.08. The monoisotopic (exact) mass is 374 g/mol. The first-order valence-electron chi connectivity index (χ1n) is 8.61. The molecule has 0 fully saturated rings. The van der Waals surface area contributed by atoms with Gasteiger partial charge in [-0.3, -0.25) is 4.79 Å². The molecule has 28 heavy (non-hydrogen) atoms. The smallest absolute Gasteiger partial charge is 0.335 e. The molecular formula is C22H15FN2O3. The number of hydrogen-bond acceptors (Lipinski definition) is 3. The van der Waals surface area contributed by atoms with Crippen LogP contribution in [0, 0.1) is 5.82 Å². The number of nitrogens with zero attached hydrogens (tertiary/aromatic N) is 2. The lowest BCUT2D eigenvalue weighted by molar-refractivity contribution is -0.112. The number of carboxylic acid groups (broad SMARTS) is 1. The van der Waals surface area contributed by atoms with Gasteiger partial charge in [-0.1, -0.05) is 36.4 Å². The third kappa shape index (κ3) is 3.27. The Labute approximate surface area is 160 Å². The summed E-state index contributed by atoms with van der Waals surface area (Å²) in [6.07, 6.45) is 0. The van der Waals surface area contributed by atoms with Crippen molar-refractivity contribution in [3.8, 4) is 0 Å². The van der Waals surface area contributed by atoms with Crippen LogP contribution in [0.3, 0.4) is 0 Å². The molecule has 0 atom stereocenters. The molecule has 0 saturated heterocycles. The van der Waals surface area contributed by atoms with Crippen molar-refractivity contribution in [2.24, 2.45) is 4.99 Å². The van der Waals surface area contributed by atoms with E-state index in [4.69, 9.17) is 5.11 Å². The molecule has 1 aliphatic rings. The Bertz CT molecular complexity index is 1110. The average molecular weight is 374 g/mol. The maximum Gasteiger partial charge on any atom is 0.335 e. The van der Waals surface area contributed by atoms with Crippen LogP contribution in [0.15, 0.2) is 77.8 Å². The molecule has 4 rings (SSSR count). The van der Waals surface area contributed by atoms with E-state index in [2.05, 4.69) is 4.99 Å². The fourth-order valence-electron chi connectivity index (χ4n) is 3.14. The number of carbonyl (C=O) groups excluding carboxylic acids is 1. The number of anilines is 1. The minimum Gasteiger partial charge on any atom is -0.478 e. The van der Waals surface area contributed by atoms with E-state index in [9.17, 15) is 14.0 Å². The highest BCUT2D eigenvalue weighted by molar-refractivity contribution is 6.54. The van der Waals surface area contributed by atoms with E-state index in [-0.39, 0.29) is 29.5 Å². The van der Waals surface area contributed by atoms with Crippen molar-refractivity contribution in [1.82, 2.24) is 0 Å². The zero-order chi connectivity index (χ0) is 19.7. The number of carboxylic acids is 1. The number of para-hydroxylation sites is 1. The third-order valence-electron chi connectivity index (χ3n) is 4.49. The molecule has 0 bridgehead atoms. The highest BCUT2D eigenvalue weighted by Gasteiger charge is 2.33. The number of aliphatic imine (C=N–C) groups is 1. The van der Waals surface area contributed by atoms with Gasteiger partial charge in [-0.15, -0.1) is 0 Å². The second-order valence-corrected chi connectivity index (χ2v) is 6.35. The van der Waals surface area contributed by atoms with Gasteiger partial charge in [-0.25, -0.2) is 14.2 Å². The van der Waals surface area contributed by atoms with Gasteiger partial charge < -0.3 is 10.0 Å². The van der Waals surface area contributed by atoms with Crippen LogP contribution < -0.4 is 4.90 Å². The number of hydrogen-bond donors (Lipinski definition) is 1. The lowest BCUT2D eigenvalue weighted by Gasteiger charge is -2.16. The Morgan fingerprint density at radius 1 is 1.00 bits per heavy atom. The van der Waals surface area contributed by atoms with Gasteiger partial charge in [-0.2, -0.15) is 0 Å². The van der Waals surface area contributed by atoms with Crippen LogP contribution in [0.25, 0.3) is 0 Å². The Balaban J connectivity index is 1.73. The topological polar surface area (TPSA) is 70.0 Å². The molecule has 0 aliphatic carbocycles. The summed E-state index contributed by atoms with van der Waals surface area (Å²) < 4.78 is 13.2. The molecule has 0 saturated carbocycles. The molecule has 1 aliphatic heterocycles. The van der Waals surface area contributed by atoms with Gasteiger partial charge in [0.15, 0.2) is 0 Å². The Kier molecular flexibility index (Phi) is 4.45. The van der Waals surface area contributed by atoms with Crippen molar-refractivity contribution in [1.29, 1.82) is 0 Å². The van der Waals surface area contributed by atoms with Crippen molar-refractivity contribution in [3.63, 3.8) is 0 Å². The molecule has 0 spiro atoms. The van der Waals surface area contributed by atoms with Crippen LogP contribution in [0.2, 0.25) is 0 Å². The quantitative estimate of drug-likeness (QED) is 0.744. The van der Waals surface area contributed by atoms with Gasteiger partial charge in [0.1, 0.15) is 11.5 Å². The fraction of sp³-hybridized carbons (Fsp3) is 0.0455. The molecule has 138 valence electrons. The molecule has 1 N–H and O–H groups in total. The van der Waals surface area contributed by atoms with E-state index in [1.165, 1.54) is 24.3 Å². The normalized spacial score (nSPS) is 14.4. The zero-order valence-corrected chi connectivity index (χ0v) is 14.7. The van der Waals surface area contributed by atoms with Crippen molar-refractivity contribution >= 4 is 29.0 Å². The first kappa shape index (κ1) is 17.6. The number of benzene rings is 3. The summed E-state index contributed by atoms with van der Waals surface area (Å²) >= 11 is 0. The Hall–Kier alpha value is -3.80. The highest BCUT2D eigenvalue weighted by Crippen LogP contribution is 2.32. The van der Waals surface area contributed by atoms with Crippen LogP contribution in [0.1, 0.15) is 21.5 Å². The standard InChI is InChI=1S/C22H15FN2O3/c23-16-10-8-14(9-11-16)13-25-19-7-2-1-6-18(19)20(21(25)26)24-17-5-3-4-15(12-17)22(27)28/h1-12H,13H2,(H,27,28). The van der Waals surface area contributed by atoms with Crippen LogP contribution in [-0.2, 0) is 11.3 Å². The molecule has 0 aromatic heterocycles. The summed E-state index contributed by atoms with van der Waals surface area (Å²) in [4.78, 5) is 30.3. The molecule has 3 aromatic carbocycles. The molecule has 0 radical (unpaired) electrons. The average Bonchev–Trinajstić information content (AvgIpc) is 2.96. The molecule has 0 unspecified atom stereocenters. The van der Waals surface area contributed by atoms with Crippen molar-refractivity contribution in [2.45, 2.75) is 6.54 Å². The van der Waals surface area contributed by atoms with Gasteiger partial charge >= 0.3 is 5.97 Å². The summed E-state index contributed by atoms with van der Waals surface area (Å²) in [5.74, 6) is -1.68. The number of halogens is 1. The first-order valence-corrected chi connectivity index (χ1v) is 8.61. The lowest BCUT2D eigenvalue weighted by Crippen LogP contribution is -2.29. The maximum absolute atomic E-state index is 13.2. The lowest BCUT2D eigenvalue weighted by atomic mass is 10.1. The summed E-state index contributed by atoms with van der Waals surface area (Å²) in [6.45, 7) is 0.282. The number of carbonyl (C=O) groups is 2. The van der Waals surface area contributed by atoms with E-state index < -0.39 is 5.97 Å².